The molecule has 12 aromatic rings. The second-order valence-corrected chi connectivity index (χ2v) is 19.4. The van der Waals surface area contributed by atoms with Gasteiger partial charge >= 0.3 is 0 Å². The number of hydrogen-bond donors (Lipinski definition) is 0. The lowest BCUT2D eigenvalue weighted by Gasteiger charge is -2.29. The highest BCUT2D eigenvalue weighted by Gasteiger charge is 2.29. The van der Waals surface area contributed by atoms with Crippen LogP contribution in [0.3, 0.4) is 0 Å². The summed E-state index contributed by atoms with van der Waals surface area (Å²) >= 11 is 3.81. The zero-order valence-corrected chi connectivity index (χ0v) is 37.1. The highest BCUT2D eigenvalue weighted by atomic mass is 32.1. The molecule has 0 saturated heterocycles. The van der Waals surface area contributed by atoms with Crippen LogP contribution in [0, 0.1) is 0 Å². The van der Waals surface area contributed by atoms with Gasteiger partial charge in [-0.3, -0.25) is 0 Å². The first-order chi connectivity index (χ1) is 32.2. The van der Waals surface area contributed by atoms with Gasteiger partial charge in [-0.1, -0.05) is 127 Å². The molecule has 0 aliphatic heterocycles. The van der Waals surface area contributed by atoms with E-state index in [1.807, 2.05) is 22.7 Å². The van der Waals surface area contributed by atoms with Gasteiger partial charge in [0.05, 0.1) is 22.1 Å². The number of hydrogen-bond acceptors (Lipinski definition) is 4. The molecule has 0 atom stereocenters. The Bertz CT molecular complexity index is 3930. The fraction of sp³-hybridized carbons (Fsp3) is 0.0667. The Balaban J connectivity index is 0.932. The first-order valence-corrected chi connectivity index (χ1v) is 24.2. The van der Waals surface area contributed by atoms with Crippen molar-refractivity contribution in [1.29, 1.82) is 0 Å². The summed E-state index contributed by atoms with van der Waals surface area (Å²) in [6.07, 6.45) is 11.1. The predicted octanol–water partition coefficient (Wildman–Crippen LogP) is 17.5. The fourth-order valence-electron chi connectivity index (χ4n) is 10.8. The molecular formula is C60H40N2OS2. The van der Waals surface area contributed by atoms with Gasteiger partial charge < -0.3 is 13.9 Å². The van der Waals surface area contributed by atoms with Gasteiger partial charge in [-0.15, -0.1) is 22.7 Å². The van der Waals surface area contributed by atoms with Crippen molar-refractivity contribution >= 4 is 109 Å². The van der Waals surface area contributed by atoms with Gasteiger partial charge in [0.2, 0.25) is 0 Å². The Morgan fingerprint density at radius 2 is 1.15 bits per heavy atom. The second kappa shape index (κ2) is 14.5. The molecule has 2 aliphatic carbocycles. The highest BCUT2D eigenvalue weighted by Crippen LogP contribution is 2.48. The molecule has 0 amide bonds. The minimum atomic E-state index is 0.918. The number of anilines is 2. The van der Waals surface area contributed by atoms with Crippen LogP contribution in [0.4, 0.5) is 11.4 Å². The zero-order valence-electron chi connectivity index (χ0n) is 35.4. The number of aromatic nitrogens is 1. The number of fused-ring (bicyclic) bond motifs is 13. The van der Waals surface area contributed by atoms with E-state index in [0.717, 1.165) is 70.7 Å². The number of aryl methyl sites for hydroxylation is 2. The Morgan fingerprint density at radius 3 is 1.94 bits per heavy atom. The van der Waals surface area contributed by atoms with E-state index in [1.165, 1.54) is 84.8 Å². The highest BCUT2D eigenvalue weighted by molar-refractivity contribution is 7.26. The zero-order chi connectivity index (χ0) is 42.6. The first-order valence-electron chi connectivity index (χ1n) is 22.6. The smallest absolute Gasteiger partial charge is 0.155 e. The van der Waals surface area contributed by atoms with Crippen LogP contribution in [0.25, 0.3) is 103 Å². The largest absolute Gasteiger partial charge is 0.453 e. The van der Waals surface area contributed by atoms with E-state index in [4.69, 9.17) is 4.42 Å². The Kier molecular flexibility index (Phi) is 8.28. The Labute approximate surface area is 384 Å². The molecule has 0 unspecified atom stereocenters. The summed E-state index contributed by atoms with van der Waals surface area (Å²) < 4.78 is 13.7. The number of para-hydroxylation sites is 2. The molecule has 308 valence electrons. The van der Waals surface area contributed by atoms with E-state index < -0.39 is 0 Å². The van der Waals surface area contributed by atoms with E-state index >= 15 is 0 Å². The van der Waals surface area contributed by atoms with Gasteiger partial charge in [0, 0.05) is 63.1 Å². The molecule has 0 bridgehead atoms. The molecule has 14 rings (SSSR count). The first kappa shape index (κ1) is 37.0. The van der Waals surface area contributed by atoms with Gasteiger partial charge in [-0.2, -0.15) is 0 Å². The van der Waals surface area contributed by atoms with Crippen LogP contribution >= 0.6 is 22.7 Å². The third kappa shape index (κ3) is 5.65. The van der Waals surface area contributed by atoms with Crippen molar-refractivity contribution < 1.29 is 4.42 Å². The van der Waals surface area contributed by atoms with Crippen LogP contribution in [-0.4, -0.2) is 4.57 Å². The minimum absolute atomic E-state index is 0.918. The topological polar surface area (TPSA) is 21.3 Å². The van der Waals surface area contributed by atoms with Crippen molar-refractivity contribution in [3.63, 3.8) is 0 Å². The van der Waals surface area contributed by atoms with E-state index in [0.29, 0.717) is 0 Å². The van der Waals surface area contributed by atoms with Gasteiger partial charge in [0.1, 0.15) is 5.58 Å². The average molecular weight is 869 g/mol. The van der Waals surface area contributed by atoms with Crippen molar-refractivity contribution in [2.24, 2.45) is 0 Å². The van der Waals surface area contributed by atoms with Crippen molar-refractivity contribution in [2.75, 3.05) is 4.90 Å². The summed E-state index contributed by atoms with van der Waals surface area (Å²) in [5.41, 5.74) is 15.5. The molecule has 4 heterocycles. The molecule has 8 aromatic carbocycles. The number of furan rings is 1. The maximum Gasteiger partial charge on any atom is 0.155 e. The molecule has 0 saturated carbocycles. The molecule has 3 nitrogen and oxygen atoms in total. The van der Waals surface area contributed by atoms with Gasteiger partial charge in [0.15, 0.2) is 5.76 Å². The molecule has 5 heteroatoms. The molecule has 0 N–H and O–H groups in total. The SMILES string of the molecule is C1=Cc2sc3c(-c4ccc(N(C5=CCCc6c5oc5c6ccc6c5c5ccccc5n6-c5ccccc5)c5ccc(-c6cccc7c6sc6ccccc67)cc5)cc4)cccc3c2CC1. The molecular weight excluding hydrogens is 829 g/mol. The molecule has 0 radical (unpaired) electrons. The van der Waals surface area contributed by atoms with Gasteiger partial charge in [0.25, 0.3) is 0 Å². The van der Waals surface area contributed by atoms with Crippen LogP contribution < -0.4 is 4.90 Å². The fourth-order valence-corrected chi connectivity index (χ4v) is 13.4. The van der Waals surface area contributed by atoms with Crippen molar-refractivity contribution in [3.8, 4) is 27.9 Å². The van der Waals surface area contributed by atoms with E-state index in [9.17, 15) is 0 Å². The maximum absolute atomic E-state index is 7.32. The summed E-state index contributed by atoms with van der Waals surface area (Å²) in [6.45, 7) is 0. The third-order valence-electron chi connectivity index (χ3n) is 13.8. The van der Waals surface area contributed by atoms with Crippen LogP contribution in [0.2, 0.25) is 0 Å². The molecule has 2 aliphatic rings. The maximum atomic E-state index is 7.32. The Morgan fingerprint density at radius 1 is 0.492 bits per heavy atom. The van der Waals surface area contributed by atoms with Crippen molar-refractivity contribution in [3.05, 3.63) is 210 Å². The van der Waals surface area contributed by atoms with E-state index in [2.05, 4.69) is 204 Å². The standard InChI is InChI=1S/C60H40N2OS2/c1-2-13-39(14-3-1)62-51-23-7-4-17-50(51)56-52(62)36-35-47-46-20-12-24-53(57(46)63-58(47)56)61(40-31-27-37(28-32-40)42-18-10-21-48-44-15-5-8-25-54(44)64-59(42)48)41-33-29-38(30-34-41)43-19-11-22-49-45-16-6-9-26-55(45)65-60(43)49/h1-5,7-11,13-15,17-19,21-36H,6,12,16,20H2. The lowest BCUT2D eigenvalue weighted by atomic mass is 9.96. The summed E-state index contributed by atoms with van der Waals surface area (Å²) in [5, 5.41) is 7.58. The number of nitrogens with zero attached hydrogens (tertiary/aromatic N) is 2. The number of benzene rings is 8. The summed E-state index contributed by atoms with van der Waals surface area (Å²) in [6, 6.07) is 64.7. The van der Waals surface area contributed by atoms with Gasteiger partial charge in [-0.05, 0) is 126 Å². The molecule has 0 spiro atoms. The number of allylic oxidation sites excluding steroid dienone is 2. The second-order valence-electron chi connectivity index (χ2n) is 17.3. The van der Waals surface area contributed by atoms with Crippen molar-refractivity contribution in [1.82, 2.24) is 4.57 Å². The monoisotopic (exact) mass is 868 g/mol. The van der Waals surface area contributed by atoms with Crippen LogP contribution in [0.5, 0.6) is 0 Å². The molecule has 0 fully saturated rings. The normalized spacial score (nSPS) is 13.6. The third-order valence-corrected chi connectivity index (χ3v) is 16.2. The van der Waals surface area contributed by atoms with Crippen molar-refractivity contribution in [2.45, 2.75) is 25.7 Å². The average Bonchev–Trinajstić information content (AvgIpc) is 4.14. The molecule has 4 aromatic heterocycles. The van der Waals surface area contributed by atoms with Crippen LogP contribution in [0.1, 0.15) is 34.6 Å². The molecule has 65 heavy (non-hydrogen) atoms. The number of thiophene rings is 2. The quantitative estimate of drug-likeness (QED) is 0.166. The van der Waals surface area contributed by atoms with Gasteiger partial charge in [-0.25, -0.2) is 0 Å². The lowest BCUT2D eigenvalue weighted by Crippen LogP contribution is -2.17. The van der Waals surface area contributed by atoms with E-state index in [1.54, 1.807) is 0 Å². The lowest BCUT2D eigenvalue weighted by molar-refractivity contribution is 0.591. The summed E-state index contributed by atoms with van der Waals surface area (Å²) in [4.78, 5) is 3.83. The summed E-state index contributed by atoms with van der Waals surface area (Å²) in [7, 11) is 0. The van der Waals surface area contributed by atoms with E-state index in [-0.39, 0.29) is 0 Å². The predicted molar refractivity (Wildman–Crippen MR) is 278 cm³/mol. The Hall–Kier alpha value is -7.44. The summed E-state index contributed by atoms with van der Waals surface area (Å²) in [5.74, 6) is 0.945. The number of rotatable bonds is 6. The van der Waals surface area contributed by atoms with Crippen LogP contribution in [-0.2, 0) is 12.8 Å². The van der Waals surface area contributed by atoms with Crippen LogP contribution in [0.15, 0.2) is 192 Å². The minimum Gasteiger partial charge on any atom is -0.453 e.